The SMILES string of the molecule is CC1CCN(C(=O)c2nn(C)c3c2COc2ccccc2-3)CC1. The zero-order valence-electron chi connectivity index (χ0n) is 13.6. The van der Waals surface area contributed by atoms with Crippen LogP contribution in [-0.2, 0) is 13.7 Å². The van der Waals surface area contributed by atoms with Crippen LogP contribution in [0.2, 0.25) is 0 Å². The van der Waals surface area contributed by atoms with E-state index in [0.29, 0.717) is 18.2 Å². The van der Waals surface area contributed by atoms with Crippen molar-refractivity contribution in [2.75, 3.05) is 13.1 Å². The lowest BCUT2D eigenvalue weighted by Crippen LogP contribution is -2.38. The molecule has 0 spiro atoms. The fourth-order valence-electron chi connectivity index (χ4n) is 3.51. The molecule has 1 amide bonds. The smallest absolute Gasteiger partial charge is 0.274 e. The van der Waals surface area contributed by atoms with Crippen molar-refractivity contribution in [2.45, 2.75) is 26.4 Å². The van der Waals surface area contributed by atoms with Gasteiger partial charge in [-0.25, -0.2) is 0 Å². The predicted molar refractivity (Wildman–Crippen MR) is 87.3 cm³/mol. The van der Waals surface area contributed by atoms with E-state index in [1.165, 1.54) is 0 Å². The van der Waals surface area contributed by atoms with Crippen molar-refractivity contribution < 1.29 is 9.53 Å². The number of amides is 1. The average Bonchev–Trinajstić information content (AvgIpc) is 2.92. The van der Waals surface area contributed by atoms with Gasteiger partial charge in [-0.3, -0.25) is 9.48 Å². The molecule has 5 nitrogen and oxygen atoms in total. The van der Waals surface area contributed by atoms with Crippen molar-refractivity contribution in [3.8, 4) is 17.0 Å². The number of aromatic nitrogens is 2. The molecular formula is C18H21N3O2. The van der Waals surface area contributed by atoms with Gasteiger partial charge in [-0.1, -0.05) is 19.1 Å². The summed E-state index contributed by atoms with van der Waals surface area (Å²) < 4.78 is 7.65. The van der Waals surface area contributed by atoms with Gasteiger partial charge in [0.15, 0.2) is 5.69 Å². The van der Waals surface area contributed by atoms with Crippen LogP contribution in [0.5, 0.6) is 5.75 Å². The number of carbonyl (C=O) groups excluding carboxylic acids is 1. The second kappa shape index (κ2) is 5.41. The Hall–Kier alpha value is -2.30. The van der Waals surface area contributed by atoms with Gasteiger partial charge >= 0.3 is 0 Å². The molecule has 1 aromatic carbocycles. The molecule has 0 radical (unpaired) electrons. The van der Waals surface area contributed by atoms with E-state index in [-0.39, 0.29) is 5.91 Å². The van der Waals surface area contributed by atoms with Crippen molar-refractivity contribution in [1.82, 2.24) is 14.7 Å². The maximum Gasteiger partial charge on any atom is 0.274 e. The minimum atomic E-state index is 0.0386. The minimum Gasteiger partial charge on any atom is -0.488 e. The fraction of sp³-hybridized carbons (Fsp3) is 0.444. The molecule has 1 fully saturated rings. The Morgan fingerprint density at radius 1 is 1.26 bits per heavy atom. The van der Waals surface area contributed by atoms with Crippen molar-refractivity contribution in [3.05, 3.63) is 35.5 Å². The number of rotatable bonds is 1. The summed E-state index contributed by atoms with van der Waals surface area (Å²) in [5.74, 6) is 1.59. The normalized spacial score (nSPS) is 17.4. The number of ether oxygens (including phenoxy) is 1. The first-order valence-electron chi connectivity index (χ1n) is 8.22. The summed E-state index contributed by atoms with van der Waals surface area (Å²) in [6.45, 7) is 4.30. The second-order valence-electron chi connectivity index (χ2n) is 6.56. The Morgan fingerprint density at radius 2 is 2.00 bits per heavy atom. The van der Waals surface area contributed by atoms with Crippen molar-refractivity contribution >= 4 is 5.91 Å². The molecule has 2 aliphatic rings. The van der Waals surface area contributed by atoms with Gasteiger partial charge in [-0.15, -0.1) is 0 Å². The highest BCUT2D eigenvalue weighted by Crippen LogP contribution is 2.38. The monoisotopic (exact) mass is 311 g/mol. The number of aryl methyl sites for hydroxylation is 1. The molecule has 0 N–H and O–H groups in total. The molecule has 2 aliphatic heterocycles. The Morgan fingerprint density at radius 3 is 2.78 bits per heavy atom. The minimum absolute atomic E-state index is 0.0386. The lowest BCUT2D eigenvalue weighted by Gasteiger charge is -2.30. The lowest BCUT2D eigenvalue weighted by molar-refractivity contribution is 0.0687. The maximum absolute atomic E-state index is 12.9. The summed E-state index contributed by atoms with van der Waals surface area (Å²) in [4.78, 5) is 14.8. The first-order chi connectivity index (χ1) is 11.1. The Bertz CT molecular complexity index is 758. The summed E-state index contributed by atoms with van der Waals surface area (Å²) in [6, 6.07) is 7.92. The third-order valence-corrected chi connectivity index (χ3v) is 4.93. The van der Waals surface area contributed by atoms with Gasteiger partial charge in [-0.05, 0) is 30.9 Å². The van der Waals surface area contributed by atoms with Gasteiger partial charge in [0.1, 0.15) is 12.4 Å². The number of hydrogen-bond donors (Lipinski definition) is 0. The quantitative estimate of drug-likeness (QED) is 0.813. The first-order valence-corrected chi connectivity index (χ1v) is 8.22. The van der Waals surface area contributed by atoms with Gasteiger partial charge in [0.25, 0.3) is 5.91 Å². The van der Waals surface area contributed by atoms with E-state index in [1.54, 1.807) is 0 Å². The van der Waals surface area contributed by atoms with Gasteiger partial charge in [-0.2, -0.15) is 5.10 Å². The van der Waals surface area contributed by atoms with E-state index in [9.17, 15) is 4.79 Å². The topological polar surface area (TPSA) is 47.4 Å². The van der Waals surface area contributed by atoms with Gasteiger partial charge in [0.2, 0.25) is 0 Å². The summed E-state index contributed by atoms with van der Waals surface area (Å²) in [5, 5.41) is 4.53. The van der Waals surface area contributed by atoms with Crippen LogP contribution in [0, 0.1) is 5.92 Å². The van der Waals surface area contributed by atoms with Gasteiger partial charge < -0.3 is 9.64 Å². The standard InChI is InChI=1S/C18H21N3O2/c1-12-7-9-21(10-8-12)18(22)16-14-11-23-15-6-4-3-5-13(15)17(14)20(2)19-16/h3-6,12H,7-11H2,1-2H3. The van der Waals surface area contributed by atoms with Crippen LogP contribution < -0.4 is 4.74 Å². The molecule has 2 aromatic rings. The van der Waals surface area contributed by atoms with Crippen molar-refractivity contribution in [2.24, 2.45) is 13.0 Å². The zero-order valence-corrected chi connectivity index (χ0v) is 13.6. The van der Waals surface area contributed by atoms with E-state index < -0.39 is 0 Å². The summed E-state index contributed by atoms with van der Waals surface area (Å²) in [7, 11) is 1.90. The van der Waals surface area contributed by atoms with E-state index in [2.05, 4.69) is 12.0 Å². The molecule has 5 heteroatoms. The Kier molecular flexibility index (Phi) is 3.36. The fourth-order valence-corrected chi connectivity index (χ4v) is 3.51. The molecule has 0 saturated carbocycles. The van der Waals surface area contributed by atoms with Crippen LogP contribution >= 0.6 is 0 Å². The van der Waals surface area contributed by atoms with Crippen molar-refractivity contribution in [1.29, 1.82) is 0 Å². The maximum atomic E-state index is 12.9. The van der Waals surface area contributed by atoms with Crippen LogP contribution in [0.15, 0.2) is 24.3 Å². The van der Waals surface area contributed by atoms with Crippen LogP contribution in [-0.4, -0.2) is 33.7 Å². The van der Waals surface area contributed by atoms with E-state index in [0.717, 1.165) is 48.5 Å². The highest BCUT2D eigenvalue weighted by Gasteiger charge is 2.31. The first kappa shape index (κ1) is 14.3. The zero-order chi connectivity index (χ0) is 16.0. The molecule has 3 heterocycles. The summed E-state index contributed by atoms with van der Waals surface area (Å²) >= 11 is 0. The molecule has 0 unspecified atom stereocenters. The number of nitrogens with zero attached hydrogens (tertiary/aromatic N) is 3. The highest BCUT2D eigenvalue weighted by atomic mass is 16.5. The van der Waals surface area contributed by atoms with Gasteiger partial charge in [0, 0.05) is 31.3 Å². The number of likely N-dealkylation sites (tertiary alicyclic amines) is 1. The Balaban J connectivity index is 1.71. The third-order valence-electron chi connectivity index (χ3n) is 4.93. The molecule has 0 atom stereocenters. The lowest BCUT2D eigenvalue weighted by atomic mass is 9.98. The molecule has 23 heavy (non-hydrogen) atoms. The van der Waals surface area contributed by atoms with Crippen LogP contribution in [0.3, 0.4) is 0 Å². The average molecular weight is 311 g/mol. The number of benzene rings is 1. The summed E-state index contributed by atoms with van der Waals surface area (Å²) in [6.07, 6.45) is 2.14. The van der Waals surface area contributed by atoms with Crippen molar-refractivity contribution in [3.63, 3.8) is 0 Å². The van der Waals surface area contributed by atoms with E-state index in [4.69, 9.17) is 4.74 Å². The molecular weight excluding hydrogens is 290 g/mol. The summed E-state index contributed by atoms with van der Waals surface area (Å²) in [5.41, 5.74) is 3.47. The van der Waals surface area contributed by atoms with Crippen LogP contribution in [0.1, 0.15) is 35.8 Å². The Labute approximate surface area is 135 Å². The number of hydrogen-bond acceptors (Lipinski definition) is 3. The predicted octanol–water partition coefficient (Wildman–Crippen LogP) is 2.85. The highest BCUT2D eigenvalue weighted by molar-refractivity contribution is 5.96. The van der Waals surface area contributed by atoms with Crippen LogP contribution in [0.4, 0.5) is 0 Å². The largest absolute Gasteiger partial charge is 0.488 e. The number of carbonyl (C=O) groups is 1. The second-order valence-corrected chi connectivity index (χ2v) is 6.56. The molecule has 4 rings (SSSR count). The third kappa shape index (κ3) is 2.31. The molecule has 0 aliphatic carbocycles. The molecule has 1 saturated heterocycles. The number of piperidine rings is 1. The van der Waals surface area contributed by atoms with Gasteiger partial charge in [0.05, 0.1) is 5.69 Å². The molecule has 1 aromatic heterocycles. The number of fused-ring (bicyclic) bond motifs is 3. The van der Waals surface area contributed by atoms with E-state index >= 15 is 0 Å². The number of para-hydroxylation sites is 1. The molecule has 0 bridgehead atoms. The molecule has 120 valence electrons. The van der Waals surface area contributed by atoms with E-state index in [1.807, 2.05) is 40.9 Å². The van der Waals surface area contributed by atoms with Crippen LogP contribution in [0.25, 0.3) is 11.3 Å².